The molecule has 0 spiro atoms. The van der Waals surface area contributed by atoms with Crippen molar-refractivity contribution >= 4 is 27.6 Å². The van der Waals surface area contributed by atoms with Crippen molar-refractivity contribution in [3.05, 3.63) is 29.3 Å². The smallest absolute Gasteiger partial charge is 0.311 e. The number of carboxylic acid groups (broad SMARTS) is 1. The van der Waals surface area contributed by atoms with Crippen LogP contribution in [0.15, 0.2) is 18.2 Å². The summed E-state index contributed by atoms with van der Waals surface area (Å²) in [6.45, 7) is 0.562. The van der Waals surface area contributed by atoms with Crippen LogP contribution < -0.4 is 9.62 Å². The summed E-state index contributed by atoms with van der Waals surface area (Å²) in [5, 5.41) is 11.8. The summed E-state index contributed by atoms with van der Waals surface area (Å²) in [4.78, 5) is 23.4. The normalized spacial score (nSPS) is 18.6. The number of hydrogen-bond acceptors (Lipinski definition) is 4. The van der Waals surface area contributed by atoms with Crippen LogP contribution in [0, 0.1) is 5.41 Å². The Balaban J connectivity index is 1.76. The van der Waals surface area contributed by atoms with Crippen LogP contribution >= 0.6 is 0 Å². The number of fused-ring (bicyclic) bond motifs is 1. The third kappa shape index (κ3) is 3.10. The van der Waals surface area contributed by atoms with Gasteiger partial charge in [-0.05, 0) is 49.4 Å². The molecule has 2 aliphatic rings. The van der Waals surface area contributed by atoms with Crippen LogP contribution in [-0.4, -0.2) is 44.7 Å². The topological polar surface area (TPSA) is 104 Å². The average molecular weight is 352 g/mol. The maximum Gasteiger partial charge on any atom is 0.311 e. The summed E-state index contributed by atoms with van der Waals surface area (Å²) in [7, 11) is -3.34. The molecule has 1 aliphatic carbocycles. The molecule has 1 aromatic rings. The lowest BCUT2D eigenvalue weighted by atomic mass is 10.0. The van der Waals surface area contributed by atoms with Gasteiger partial charge in [0.1, 0.15) is 0 Å². The summed E-state index contributed by atoms with van der Waals surface area (Å²) in [6, 6.07) is 4.93. The summed E-state index contributed by atoms with van der Waals surface area (Å²) >= 11 is 0. The second kappa shape index (κ2) is 5.77. The van der Waals surface area contributed by atoms with Gasteiger partial charge in [-0.15, -0.1) is 0 Å². The predicted molar refractivity (Wildman–Crippen MR) is 88.6 cm³/mol. The summed E-state index contributed by atoms with van der Waals surface area (Å²) in [5.41, 5.74) is 1.05. The van der Waals surface area contributed by atoms with E-state index in [1.807, 2.05) is 0 Å². The molecule has 130 valence electrons. The molecule has 24 heavy (non-hydrogen) atoms. The Bertz CT molecular complexity index is 799. The van der Waals surface area contributed by atoms with E-state index in [1.165, 1.54) is 10.6 Å². The van der Waals surface area contributed by atoms with Crippen molar-refractivity contribution < 1.29 is 23.1 Å². The van der Waals surface area contributed by atoms with Crippen molar-refractivity contribution in [1.82, 2.24) is 5.32 Å². The fourth-order valence-electron chi connectivity index (χ4n) is 3.02. The van der Waals surface area contributed by atoms with Gasteiger partial charge in [0, 0.05) is 18.7 Å². The molecule has 0 bridgehead atoms. The van der Waals surface area contributed by atoms with Crippen molar-refractivity contribution in [2.24, 2.45) is 5.41 Å². The van der Waals surface area contributed by atoms with Crippen LogP contribution in [0.4, 0.5) is 5.69 Å². The number of aliphatic carboxylic acids is 1. The maximum atomic E-state index is 12.3. The maximum absolute atomic E-state index is 12.3. The SMILES string of the molecule is CS(=O)(=O)N1CCCc2cc(C(=O)NCC3(C(=O)O)CC3)ccc21. The molecule has 0 unspecified atom stereocenters. The molecule has 1 heterocycles. The summed E-state index contributed by atoms with van der Waals surface area (Å²) in [5.74, 6) is -1.21. The van der Waals surface area contributed by atoms with Crippen molar-refractivity contribution in [2.45, 2.75) is 25.7 Å². The molecule has 0 radical (unpaired) electrons. The Kier molecular flexibility index (Phi) is 4.03. The third-order valence-corrected chi connectivity index (χ3v) is 5.89. The fraction of sp³-hybridized carbons (Fsp3) is 0.500. The van der Waals surface area contributed by atoms with Gasteiger partial charge in [-0.25, -0.2) is 8.42 Å². The number of nitrogens with zero attached hydrogens (tertiary/aromatic N) is 1. The largest absolute Gasteiger partial charge is 0.481 e. The van der Waals surface area contributed by atoms with Gasteiger partial charge < -0.3 is 10.4 Å². The van der Waals surface area contributed by atoms with Crippen molar-refractivity contribution in [1.29, 1.82) is 0 Å². The first-order chi connectivity index (χ1) is 11.2. The first-order valence-corrected chi connectivity index (χ1v) is 9.70. The minimum atomic E-state index is -3.34. The Morgan fingerprint density at radius 2 is 2.04 bits per heavy atom. The zero-order valence-electron chi connectivity index (χ0n) is 13.4. The molecule has 8 heteroatoms. The lowest BCUT2D eigenvalue weighted by molar-refractivity contribution is -0.143. The highest BCUT2D eigenvalue weighted by atomic mass is 32.2. The minimum Gasteiger partial charge on any atom is -0.481 e. The highest BCUT2D eigenvalue weighted by Gasteiger charge is 2.50. The van der Waals surface area contributed by atoms with E-state index in [1.54, 1.807) is 18.2 Å². The Morgan fingerprint density at radius 3 is 2.62 bits per heavy atom. The van der Waals surface area contributed by atoms with Crippen LogP contribution in [0.25, 0.3) is 0 Å². The average Bonchev–Trinajstić information content (AvgIpc) is 3.32. The molecule has 1 amide bonds. The molecule has 1 saturated carbocycles. The zero-order valence-corrected chi connectivity index (χ0v) is 14.2. The summed E-state index contributed by atoms with van der Waals surface area (Å²) < 4.78 is 25.0. The summed E-state index contributed by atoms with van der Waals surface area (Å²) in [6.07, 6.45) is 3.74. The van der Waals surface area contributed by atoms with Crippen LogP contribution in [0.2, 0.25) is 0 Å². The number of amides is 1. The van der Waals surface area contributed by atoms with Crippen LogP contribution in [0.3, 0.4) is 0 Å². The van der Waals surface area contributed by atoms with Gasteiger partial charge >= 0.3 is 5.97 Å². The monoisotopic (exact) mass is 352 g/mol. The molecule has 3 rings (SSSR count). The van der Waals surface area contributed by atoms with Crippen LogP contribution in [0.1, 0.15) is 35.2 Å². The van der Waals surface area contributed by atoms with Crippen LogP contribution in [-0.2, 0) is 21.2 Å². The number of sulfonamides is 1. The Labute approximate surface area is 140 Å². The number of hydrogen-bond donors (Lipinski definition) is 2. The van der Waals surface area contributed by atoms with Gasteiger partial charge in [0.25, 0.3) is 5.91 Å². The number of benzene rings is 1. The second-order valence-corrected chi connectivity index (χ2v) is 8.46. The molecule has 1 aliphatic heterocycles. The number of carboxylic acids is 1. The highest BCUT2D eigenvalue weighted by molar-refractivity contribution is 7.92. The second-order valence-electron chi connectivity index (χ2n) is 6.55. The molecular formula is C16H20N2O5S. The van der Waals surface area contributed by atoms with E-state index >= 15 is 0 Å². The van der Waals surface area contributed by atoms with Crippen molar-refractivity contribution in [3.8, 4) is 0 Å². The lowest BCUT2D eigenvalue weighted by Gasteiger charge is -2.29. The van der Waals surface area contributed by atoms with Gasteiger partial charge in [-0.2, -0.15) is 0 Å². The standard InChI is InChI=1S/C16H20N2O5S/c1-24(22,23)18-8-2-3-11-9-12(4-5-13(11)18)14(19)17-10-16(6-7-16)15(20)21/h4-5,9H,2-3,6-8,10H2,1H3,(H,17,19)(H,20,21). The van der Waals surface area contributed by atoms with E-state index in [-0.39, 0.29) is 12.5 Å². The number of anilines is 1. The van der Waals surface area contributed by atoms with Gasteiger partial charge in [-0.3, -0.25) is 13.9 Å². The van der Waals surface area contributed by atoms with Crippen LogP contribution in [0.5, 0.6) is 0 Å². The van der Waals surface area contributed by atoms with E-state index in [2.05, 4.69) is 5.32 Å². The number of carbonyl (C=O) groups is 2. The molecule has 2 N–H and O–H groups in total. The number of nitrogens with one attached hydrogen (secondary N) is 1. The molecule has 0 saturated heterocycles. The first-order valence-electron chi connectivity index (χ1n) is 7.85. The van der Waals surface area contributed by atoms with Crippen molar-refractivity contribution in [2.75, 3.05) is 23.7 Å². The Hall–Kier alpha value is -2.09. The highest BCUT2D eigenvalue weighted by Crippen LogP contribution is 2.45. The number of aryl methyl sites for hydroxylation is 1. The number of rotatable bonds is 5. The molecule has 1 aromatic carbocycles. The molecule has 0 aromatic heterocycles. The molecular weight excluding hydrogens is 332 g/mol. The van der Waals surface area contributed by atoms with Gasteiger partial charge in [0.15, 0.2) is 0 Å². The quantitative estimate of drug-likeness (QED) is 0.822. The van der Waals surface area contributed by atoms with E-state index < -0.39 is 21.4 Å². The van der Waals surface area contributed by atoms with Gasteiger partial charge in [0.05, 0.1) is 17.4 Å². The first kappa shape index (κ1) is 16.8. The fourth-order valence-corrected chi connectivity index (χ4v) is 4.01. The zero-order chi connectivity index (χ0) is 17.5. The van der Waals surface area contributed by atoms with E-state index in [9.17, 15) is 18.0 Å². The van der Waals surface area contributed by atoms with E-state index in [0.717, 1.165) is 5.56 Å². The minimum absolute atomic E-state index is 0.119. The van der Waals surface area contributed by atoms with Gasteiger partial charge in [0.2, 0.25) is 10.0 Å². The van der Waals surface area contributed by atoms with Gasteiger partial charge in [-0.1, -0.05) is 0 Å². The Morgan fingerprint density at radius 1 is 1.33 bits per heavy atom. The third-order valence-electron chi connectivity index (χ3n) is 4.71. The van der Waals surface area contributed by atoms with Crippen molar-refractivity contribution in [3.63, 3.8) is 0 Å². The van der Waals surface area contributed by atoms with E-state index in [4.69, 9.17) is 5.11 Å². The number of carbonyl (C=O) groups excluding carboxylic acids is 1. The predicted octanol–water partition coefficient (Wildman–Crippen LogP) is 0.993. The molecule has 7 nitrogen and oxygen atoms in total. The van der Waals surface area contributed by atoms with E-state index in [0.29, 0.717) is 43.5 Å². The molecule has 1 fully saturated rings. The lowest BCUT2D eigenvalue weighted by Crippen LogP contribution is -2.35. The molecule has 0 atom stereocenters.